The highest BCUT2D eigenvalue weighted by molar-refractivity contribution is 5.92. The van der Waals surface area contributed by atoms with Gasteiger partial charge in [0, 0.05) is 6.08 Å². The molecule has 0 saturated heterocycles. The molecule has 0 aromatic carbocycles. The van der Waals surface area contributed by atoms with E-state index in [9.17, 15) is 9.59 Å². The molecule has 2 heterocycles. The first kappa shape index (κ1) is 11.1. The van der Waals surface area contributed by atoms with E-state index in [1.165, 1.54) is 12.2 Å². The van der Waals surface area contributed by atoms with E-state index in [1.54, 1.807) is 6.92 Å². The molecule has 1 unspecified atom stereocenters. The number of carbonyl (C=O) groups is 2. The van der Waals surface area contributed by atoms with Crippen molar-refractivity contribution < 1.29 is 14.1 Å². The highest BCUT2D eigenvalue weighted by atomic mass is 16.5. The number of hydrogen-bond acceptors (Lipinski definition) is 6. The SMILES string of the molecule is Cc1noc(CNC(=O)C2C=CC(=O)N=N2)n1. The summed E-state index contributed by atoms with van der Waals surface area (Å²) in [4.78, 5) is 26.2. The Hall–Kier alpha value is -2.38. The number of nitrogens with one attached hydrogen (secondary N) is 1. The van der Waals surface area contributed by atoms with Crippen LogP contribution in [0.25, 0.3) is 0 Å². The minimum absolute atomic E-state index is 0.119. The minimum Gasteiger partial charge on any atom is -0.345 e. The maximum absolute atomic E-state index is 11.6. The van der Waals surface area contributed by atoms with Crippen LogP contribution in [-0.2, 0) is 16.1 Å². The van der Waals surface area contributed by atoms with Crippen molar-refractivity contribution >= 4 is 11.8 Å². The van der Waals surface area contributed by atoms with E-state index in [1.807, 2.05) is 0 Å². The summed E-state index contributed by atoms with van der Waals surface area (Å²) in [6.45, 7) is 1.80. The summed E-state index contributed by atoms with van der Waals surface area (Å²) in [5.41, 5.74) is 0. The number of aromatic nitrogens is 2. The number of aryl methyl sites for hydroxylation is 1. The molecule has 1 N–H and O–H groups in total. The maximum atomic E-state index is 11.6. The lowest BCUT2D eigenvalue weighted by atomic mass is 10.2. The number of nitrogens with zero attached hydrogens (tertiary/aromatic N) is 4. The lowest BCUT2D eigenvalue weighted by molar-refractivity contribution is -0.121. The van der Waals surface area contributed by atoms with Crippen LogP contribution in [0, 0.1) is 6.92 Å². The Balaban J connectivity index is 1.88. The second-order valence-electron chi connectivity index (χ2n) is 3.31. The average molecular weight is 235 g/mol. The molecule has 88 valence electrons. The van der Waals surface area contributed by atoms with E-state index in [4.69, 9.17) is 4.52 Å². The number of azo groups is 1. The fraction of sp³-hybridized carbons (Fsp3) is 0.333. The van der Waals surface area contributed by atoms with Crippen molar-refractivity contribution in [3.63, 3.8) is 0 Å². The standard InChI is InChI=1S/C9H9N5O3/c1-5-11-8(17-14-5)4-10-9(16)6-2-3-7(15)13-12-6/h2-3,6H,4H2,1H3,(H,10,16). The predicted octanol–water partition coefficient (Wildman–Crippen LogP) is -0.0886. The number of amides is 2. The first-order valence-electron chi connectivity index (χ1n) is 4.85. The van der Waals surface area contributed by atoms with Crippen LogP contribution >= 0.6 is 0 Å². The van der Waals surface area contributed by atoms with Crippen molar-refractivity contribution in [3.8, 4) is 0 Å². The van der Waals surface area contributed by atoms with E-state index in [0.29, 0.717) is 11.7 Å². The van der Waals surface area contributed by atoms with Gasteiger partial charge >= 0.3 is 0 Å². The van der Waals surface area contributed by atoms with Gasteiger partial charge in [0.2, 0.25) is 5.89 Å². The third kappa shape index (κ3) is 2.80. The highest BCUT2D eigenvalue weighted by Crippen LogP contribution is 2.03. The maximum Gasteiger partial charge on any atom is 0.287 e. The van der Waals surface area contributed by atoms with Crippen LogP contribution in [0.4, 0.5) is 0 Å². The monoisotopic (exact) mass is 235 g/mol. The van der Waals surface area contributed by atoms with Crippen molar-refractivity contribution in [2.75, 3.05) is 0 Å². The molecule has 0 spiro atoms. The third-order valence-electron chi connectivity index (χ3n) is 1.95. The van der Waals surface area contributed by atoms with E-state index in [0.717, 1.165) is 0 Å². The fourth-order valence-corrected chi connectivity index (χ4v) is 1.18. The zero-order valence-corrected chi connectivity index (χ0v) is 8.95. The van der Waals surface area contributed by atoms with Gasteiger partial charge in [-0.05, 0) is 13.0 Å². The third-order valence-corrected chi connectivity index (χ3v) is 1.95. The fourth-order valence-electron chi connectivity index (χ4n) is 1.18. The Bertz CT molecular complexity index is 488. The zero-order chi connectivity index (χ0) is 12.3. The normalized spacial score (nSPS) is 18.4. The molecular weight excluding hydrogens is 226 g/mol. The van der Waals surface area contributed by atoms with Crippen LogP contribution in [0.1, 0.15) is 11.7 Å². The van der Waals surface area contributed by atoms with Crippen LogP contribution in [-0.4, -0.2) is 28.0 Å². The molecule has 1 aromatic rings. The van der Waals surface area contributed by atoms with Crippen LogP contribution in [0.3, 0.4) is 0 Å². The molecule has 8 heteroatoms. The molecule has 1 aromatic heterocycles. The van der Waals surface area contributed by atoms with Gasteiger partial charge in [-0.1, -0.05) is 5.16 Å². The summed E-state index contributed by atoms with van der Waals surface area (Å²) < 4.78 is 4.82. The van der Waals surface area contributed by atoms with Gasteiger partial charge in [-0.3, -0.25) is 9.59 Å². The van der Waals surface area contributed by atoms with Gasteiger partial charge < -0.3 is 9.84 Å². The van der Waals surface area contributed by atoms with E-state index in [-0.39, 0.29) is 12.5 Å². The average Bonchev–Trinajstić information content (AvgIpc) is 2.73. The Kier molecular flexibility index (Phi) is 3.03. The summed E-state index contributed by atoms with van der Waals surface area (Å²) in [6.07, 6.45) is 2.58. The minimum atomic E-state index is -0.781. The number of carbonyl (C=O) groups excluding carboxylic acids is 2. The van der Waals surface area contributed by atoms with Crippen LogP contribution in [0.15, 0.2) is 26.9 Å². The molecule has 2 amide bonds. The van der Waals surface area contributed by atoms with Crippen molar-refractivity contribution in [1.29, 1.82) is 0 Å². The van der Waals surface area contributed by atoms with Gasteiger partial charge in [-0.25, -0.2) is 0 Å². The molecule has 2 rings (SSSR count). The van der Waals surface area contributed by atoms with Crippen molar-refractivity contribution in [1.82, 2.24) is 15.5 Å². The van der Waals surface area contributed by atoms with Crippen LogP contribution < -0.4 is 5.32 Å². The molecular formula is C9H9N5O3. The van der Waals surface area contributed by atoms with Gasteiger partial charge in [0.25, 0.3) is 11.8 Å². The smallest absolute Gasteiger partial charge is 0.287 e. The Morgan fingerprint density at radius 1 is 1.59 bits per heavy atom. The second-order valence-corrected chi connectivity index (χ2v) is 3.31. The topological polar surface area (TPSA) is 110 Å². The van der Waals surface area contributed by atoms with Gasteiger partial charge in [0.05, 0.1) is 6.54 Å². The Labute approximate surface area is 95.8 Å². The van der Waals surface area contributed by atoms with Gasteiger partial charge in [0.15, 0.2) is 11.9 Å². The number of rotatable bonds is 3. The first-order chi connectivity index (χ1) is 8.15. The van der Waals surface area contributed by atoms with Gasteiger partial charge in [0.1, 0.15) is 0 Å². The van der Waals surface area contributed by atoms with Gasteiger partial charge in [-0.2, -0.15) is 10.1 Å². The van der Waals surface area contributed by atoms with Crippen molar-refractivity contribution in [3.05, 3.63) is 23.9 Å². The second kappa shape index (κ2) is 4.64. The molecule has 0 radical (unpaired) electrons. The lowest BCUT2D eigenvalue weighted by Gasteiger charge is -2.07. The summed E-state index contributed by atoms with van der Waals surface area (Å²) >= 11 is 0. The van der Waals surface area contributed by atoms with E-state index >= 15 is 0 Å². The largest absolute Gasteiger partial charge is 0.345 e. The molecule has 0 fully saturated rings. The molecule has 1 aliphatic heterocycles. The van der Waals surface area contributed by atoms with Gasteiger partial charge in [-0.15, -0.1) is 5.11 Å². The lowest BCUT2D eigenvalue weighted by Crippen LogP contribution is -2.32. The first-order valence-corrected chi connectivity index (χ1v) is 4.85. The highest BCUT2D eigenvalue weighted by Gasteiger charge is 2.18. The number of hydrogen-bond donors (Lipinski definition) is 1. The molecule has 0 bridgehead atoms. The van der Waals surface area contributed by atoms with E-state index < -0.39 is 11.9 Å². The summed E-state index contributed by atoms with van der Waals surface area (Å²) in [6, 6.07) is -0.781. The molecule has 0 saturated carbocycles. The molecule has 1 aliphatic rings. The predicted molar refractivity (Wildman–Crippen MR) is 53.7 cm³/mol. The molecule has 0 aliphatic carbocycles. The van der Waals surface area contributed by atoms with Crippen LogP contribution in [0.5, 0.6) is 0 Å². The Morgan fingerprint density at radius 2 is 2.41 bits per heavy atom. The van der Waals surface area contributed by atoms with Crippen molar-refractivity contribution in [2.45, 2.75) is 19.5 Å². The van der Waals surface area contributed by atoms with Crippen LogP contribution in [0.2, 0.25) is 0 Å². The van der Waals surface area contributed by atoms with E-state index in [2.05, 4.69) is 25.7 Å². The summed E-state index contributed by atoms with van der Waals surface area (Å²) in [7, 11) is 0. The Morgan fingerprint density at radius 3 is 3.00 bits per heavy atom. The molecule has 1 atom stereocenters. The summed E-state index contributed by atoms with van der Waals surface area (Å²) in [5.74, 6) is -0.0457. The molecule has 17 heavy (non-hydrogen) atoms. The zero-order valence-electron chi connectivity index (χ0n) is 8.95. The summed E-state index contributed by atoms with van der Waals surface area (Å²) in [5, 5.41) is 12.9. The van der Waals surface area contributed by atoms with Crippen molar-refractivity contribution in [2.24, 2.45) is 10.2 Å². The quantitative estimate of drug-likeness (QED) is 0.787. The molecule has 8 nitrogen and oxygen atoms in total.